The summed E-state index contributed by atoms with van der Waals surface area (Å²) >= 11 is 0. The third kappa shape index (κ3) is 19.3. The molecule has 0 spiro atoms. The highest BCUT2D eigenvalue weighted by molar-refractivity contribution is 5.78. The largest absolute Gasteiger partial charge is 0.487 e. The van der Waals surface area contributed by atoms with Crippen molar-refractivity contribution in [2.45, 2.75) is 6.61 Å². The Morgan fingerprint density at radius 3 is 1.33 bits per heavy atom. The summed E-state index contributed by atoms with van der Waals surface area (Å²) < 4.78 is 55.9. The van der Waals surface area contributed by atoms with Crippen molar-refractivity contribution in [2.75, 3.05) is 119 Å². The topological polar surface area (TPSA) is 150 Å². The quantitative estimate of drug-likeness (QED) is 0.0914. The molecular weight excluding hydrogens is 592 g/mol. The number of benzene rings is 2. The summed E-state index contributed by atoms with van der Waals surface area (Å²) in [5, 5.41) is 17.5. The van der Waals surface area contributed by atoms with E-state index in [1.54, 1.807) is 12.1 Å². The Hall–Kier alpha value is -2.85. The minimum Gasteiger partial charge on any atom is -0.487 e. The number of hydrogen-bond donors (Lipinski definition) is 2. The van der Waals surface area contributed by atoms with Crippen molar-refractivity contribution in [3.63, 3.8) is 0 Å². The zero-order valence-electron chi connectivity index (χ0n) is 25.9. The van der Waals surface area contributed by atoms with Crippen LogP contribution in [0.1, 0.15) is 15.9 Å². The summed E-state index contributed by atoms with van der Waals surface area (Å²) in [6.07, 6.45) is 0.698. The second kappa shape index (κ2) is 27.5. The van der Waals surface area contributed by atoms with Gasteiger partial charge in [0.1, 0.15) is 26.1 Å². The Kier molecular flexibility index (Phi) is 23.4. The molecule has 2 rings (SSSR count). The van der Waals surface area contributed by atoms with Gasteiger partial charge in [-0.25, -0.2) is 0 Å². The van der Waals surface area contributed by atoms with Crippen LogP contribution in [0, 0.1) is 0 Å². The van der Waals surface area contributed by atoms with Crippen LogP contribution in [0.2, 0.25) is 0 Å². The zero-order valence-corrected chi connectivity index (χ0v) is 25.9. The third-order valence-corrected chi connectivity index (χ3v) is 5.69. The number of ether oxygens (including phenoxy) is 10. The second-order valence-corrected chi connectivity index (χ2v) is 9.17. The molecule has 0 fully saturated rings. The number of hydrogen-bond acceptors (Lipinski definition) is 13. The van der Waals surface area contributed by atoms with Crippen LogP contribution < -0.4 is 14.2 Å². The summed E-state index contributed by atoms with van der Waals surface area (Å²) in [4.78, 5) is 11.6. The molecule has 2 N–H and O–H groups in total. The molecular formula is C32H48O13. The molecule has 0 aliphatic rings. The summed E-state index contributed by atoms with van der Waals surface area (Å²) in [5.74, 6) is 0.979. The molecule has 13 nitrogen and oxygen atoms in total. The molecule has 45 heavy (non-hydrogen) atoms. The lowest BCUT2D eigenvalue weighted by Crippen LogP contribution is -2.15. The predicted molar refractivity (Wildman–Crippen MR) is 163 cm³/mol. The van der Waals surface area contributed by atoms with E-state index in [4.69, 9.17) is 57.6 Å². The van der Waals surface area contributed by atoms with Crippen molar-refractivity contribution >= 4 is 6.29 Å². The lowest BCUT2D eigenvalue weighted by Gasteiger charge is -2.18. The van der Waals surface area contributed by atoms with Gasteiger partial charge in [0, 0.05) is 5.56 Å². The molecule has 254 valence electrons. The highest BCUT2D eigenvalue weighted by atomic mass is 16.6. The Bertz CT molecular complexity index is 936. The van der Waals surface area contributed by atoms with Crippen LogP contribution in [0.4, 0.5) is 0 Å². The van der Waals surface area contributed by atoms with Crippen LogP contribution in [0.15, 0.2) is 42.5 Å². The number of carbonyl (C=O) groups is 1. The van der Waals surface area contributed by atoms with E-state index in [-0.39, 0.29) is 66.1 Å². The van der Waals surface area contributed by atoms with Crippen LogP contribution in [0.5, 0.6) is 17.2 Å². The van der Waals surface area contributed by atoms with Crippen LogP contribution in [0.25, 0.3) is 0 Å². The first-order valence-electron chi connectivity index (χ1n) is 15.1. The van der Waals surface area contributed by atoms with Crippen molar-refractivity contribution in [2.24, 2.45) is 0 Å². The molecule has 0 atom stereocenters. The molecule has 0 saturated carbocycles. The lowest BCUT2D eigenvalue weighted by molar-refractivity contribution is 0.00540. The van der Waals surface area contributed by atoms with E-state index in [1.807, 2.05) is 30.3 Å². The summed E-state index contributed by atoms with van der Waals surface area (Å²) in [7, 11) is 0. The molecule has 0 saturated heterocycles. The van der Waals surface area contributed by atoms with Crippen molar-refractivity contribution in [3.8, 4) is 17.2 Å². The van der Waals surface area contributed by atoms with Crippen LogP contribution >= 0.6 is 0 Å². The second-order valence-electron chi connectivity index (χ2n) is 9.17. The molecule has 0 bridgehead atoms. The fraction of sp³-hybridized carbons (Fsp3) is 0.594. The highest BCUT2D eigenvalue weighted by Gasteiger charge is 2.16. The molecule has 0 heterocycles. The van der Waals surface area contributed by atoms with Gasteiger partial charge in [-0.05, 0) is 17.7 Å². The Labute approximate surface area is 265 Å². The summed E-state index contributed by atoms with van der Waals surface area (Å²) in [6, 6.07) is 13.1. The van der Waals surface area contributed by atoms with Gasteiger partial charge in [0.2, 0.25) is 5.75 Å². The van der Waals surface area contributed by atoms with Gasteiger partial charge in [-0.1, -0.05) is 30.3 Å². The average molecular weight is 641 g/mol. The lowest BCUT2D eigenvalue weighted by atomic mass is 10.2. The average Bonchev–Trinajstić information content (AvgIpc) is 3.07. The molecule has 0 aliphatic carbocycles. The van der Waals surface area contributed by atoms with Crippen LogP contribution in [0.3, 0.4) is 0 Å². The molecule has 0 aliphatic heterocycles. The molecule has 2 aromatic carbocycles. The minimum atomic E-state index is -0.0433. The van der Waals surface area contributed by atoms with Crippen molar-refractivity contribution in [1.82, 2.24) is 0 Å². The zero-order chi connectivity index (χ0) is 32.0. The molecule has 2 aromatic rings. The smallest absolute Gasteiger partial charge is 0.203 e. The molecule has 0 amide bonds. The predicted octanol–water partition coefficient (Wildman–Crippen LogP) is 1.94. The Balaban J connectivity index is 1.77. The maximum atomic E-state index is 11.6. The minimum absolute atomic E-state index is 0.0433. The van der Waals surface area contributed by atoms with Crippen molar-refractivity contribution < 1.29 is 62.4 Å². The normalized spacial score (nSPS) is 11.1. The van der Waals surface area contributed by atoms with Gasteiger partial charge in [0.15, 0.2) is 11.5 Å². The Morgan fingerprint density at radius 2 is 0.889 bits per heavy atom. The highest BCUT2D eigenvalue weighted by Crippen LogP contribution is 2.38. The SMILES string of the molecule is O=Cc1cc(OCCOCCOCCO)c(OCCOCCOCCOCc2ccccc2)c(OCCOCCOCCO)c1. The van der Waals surface area contributed by atoms with Gasteiger partial charge >= 0.3 is 0 Å². The number of aliphatic hydroxyl groups excluding tert-OH is 2. The standard InChI is InChI=1S/C32H48O13/c33-6-8-36-10-12-39-18-21-43-30-24-29(26-35)25-31(44-22-19-40-13-11-37-9-7-34)32(30)45-23-20-41-15-14-38-16-17-42-27-28-4-2-1-3-5-28/h1-5,24-26,33-34H,6-23,27H2. The van der Waals surface area contributed by atoms with Gasteiger partial charge < -0.3 is 57.6 Å². The molecule has 0 aromatic heterocycles. The molecule has 13 heteroatoms. The maximum Gasteiger partial charge on any atom is 0.203 e. The van der Waals surface area contributed by atoms with Crippen LogP contribution in [-0.4, -0.2) is 135 Å². The van der Waals surface area contributed by atoms with E-state index >= 15 is 0 Å². The monoisotopic (exact) mass is 640 g/mol. The van der Waals surface area contributed by atoms with E-state index in [2.05, 4.69) is 0 Å². The van der Waals surface area contributed by atoms with Gasteiger partial charge in [-0.2, -0.15) is 0 Å². The van der Waals surface area contributed by atoms with Gasteiger partial charge in [-0.3, -0.25) is 4.79 Å². The number of aldehydes is 1. The number of rotatable bonds is 31. The fourth-order valence-corrected chi connectivity index (χ4v) is 3.62. The summed E-state index contributed by atoms with van der Waals surface area (Å²) in [5.41, 5.74) is 1.47. The number of carbonyl (C=O) groups excluding carboxylic acids is 1. The van der Waals surface area contributed by atoms with E-state index in [0.29, 0.717) is 88.6 Å². The van der Waals surface area contributed by atoms with E-state index < -0.39 is 0 Å². The summed E-state index contributed by atoms with van der Waals surface area (Å²) in [6.45, 7) is 5.57. The third-order valence-electron chi connectivity index (χ3n) is 5.69. The van der Waals surface area contributed by atoms with E-state index in [0.717, 1.165) is 5.56 Å². The fourth-order valence-electron chi connectivity index (χ4n) is 3.62. The molecule has 0 unspecified atom stereocenters. The van der Waals surface area contributed by atoms with Gasteiger partial charge in [0.25, 0.3) is 0 Å². The van der Waals surface area contributed by atoms with Gasteiger partial charge in [0.05, 0.1) is 106 Å². The van der Waals surface area contributed by atoms with E-state index in [1.165, 1.54) is 0 Å². The van der Waals surface area contributed by atoms with Crippen molar-refractivity contribution in [3.05, 3.63) is 53.6 Å². The van der Waals surface area contributed by atoms with Crippen molar-refractivity contribution in [1.29, 1.82) is 0 Å². The molecule has 0 radical (unpaired) electrons. The first-order valence-corrected chi connectivity index (χ1v) is 15.1. The first kappa shape index (κ1) is 38.3. The first-order chi connectivity index (χ1) is 22.3. The Morgan fingerprint density at radius 1 is 0.489 bits per heavy atom. The van der Waals surface area contributed by atoms with E-state index in [9.17, 15) is 4.79 Å². The maximum absolute atomic E-state index is 11.6. The van der Waals surface area contributed by atoms with Gasteiger partial charge in [-0.15, -0.1) is 0 Å². The number of aliphatic hydroxyl groups is 2. The van der Waals surface area contributed by atoms with Crippen LogP contribution in [-0.2, 0) is 39.8 Å².